The number of benzene rings is 13. The molecule has 0 radical (unpaired) electrons. The van der Waals surface area contributed by atoms with E-state index in [4.69, 9.17) is 23.9 Å². The molecule has 16 aromatic rings. The zero-order chi connectivity index (χ0) is 104. The van der Waals surface area contributed by atoms with Gasteiger partial charge in [-0.15, -0.1) is 29.7 Å². The van der Waals surface area contributed by atoms with Gasteiger partial charge in [0.05, 0.1) is 64.7 Å². The van der Waals surface area contributed by atoms with Crippen LogP contribution in [-0.4, -0.2) is 30.3 Å². The Morgan fingerprint density at radius 3 is 1.47 bits per heavy atom. The van der Waals surface area contributed by atoms with E-state index in [1.807, 2.05) is 0 Å². The number of para-hydroxylation sites is 1. The van der Waals surface area contributed by atoms with Crippen LogP contribution in [0.1, 0.15) is 103 Å². The molecule has 0 unspecified atom stereocenters. The van der Waals surface area contributed by atoms with Crippen molar-refractivity contribution in [2.75, 3.05) is 0 Å². The molecule has 16 rings (SSSR count). The van der Waals surface area contributed by atoms with Crippen LogP contribution in [0, 0.1) is 39.0 Å². The monoisotopic (exact) mass is 1530 g/mol. The summed E-state index contributed by atoms with van der Waals surface area (Å²) in [4.78, 5) is 4.67. The minimum atomic E-state index is -7.11. The summed E-state index contributed by atoms with van der Waals surface area (Å²) in [6.07, 6.45) is 4.28. The molecule has 0 saturated carbocycles. The van der Waals surface area contributed by atoms with Gasteiger partial charge in [-0.2, -0.15) is 18.2 Å². The van der Waals surface area contributed by atoms with E-state index >= 15 is 0 Å². The predicted octanol–water partition coefficient (Wildman–Crippen LogP) is 15.9. The quantitative estimate of drug-likeness (QED) is 0.0444. The maximum Gasteiger partial charge on any atom is 0.268 e. The van der Waals surface area contributed by atoms with Crippen molar-refractivity contribution in [1.82, 2.24) is 14.1 Å². The van der Waals surface area contributed by atoms with Gasteiger partial charge in [0.15, 0.2) is 16.1 Å². The minimum absolute atomic E-state index is 0. The van der Waals surface area contributed by atoms with E-state index in [2.05, 4.69) is 23.4 Å². The average Bonchev–Trinajstić information content (AvgIpc) is 1.51. The van der Waals surface area contributed by atoms with Gasteiger partial charge in [0.25, 0.3) is 6.33 Å². The standard InChI is InChI=1S/C91H72N4OSi2.Pt/c1-64-32-30-33-65(2)89(64)68-52-55-83-85(57-68)93(70-36-31-37-71(60-70)96-72-53-54-80-79-50-28-29-51-82(79)95(84(80)61-72)88-56-66(3)81(62-92-88)67-34-14-7-15-35-67)63-94(83)90-86(97(73-38-16-8-17-39-73,74-40-18-9-19-41-74)75-42-20-10-21-43-75)58-69(91(4,5)6)59-87(90)98(76-44-22-11-23-45-76,77-46-24-12-25-47-77)78-48-26-13-27-49-78;/h7-59,62H,1-6H3;/q-2;/i1D3,2D3,3D3,7D,8D,9D,10D,11D,12D,13D,14D,15D,16D,17D,18D,19D,20D,21D,22D,23D,24D,25D,26D,27D,34D,35D,38D,39D,40D,41D,42D,43D,44D,45D,46D,47D,48D,49D;. The first-order chi connectivity index (χ1) is 66.1. The molecule has 0 atom stereocenters. The van der Waals surface area contributed by atoms with Crippen molar-refractivity contribution >= 4 is 90.5 Å². The number of aromatic nitrogens is 4. The van der Waals surface area contributed by atoms with Crippen LogP contribution in [0.25, 0.3) is 72.3 Å². The molecule has 0 aliphatic rings. The van der Waals surface area contributed by atoms with Gasteiger partial charge in [0.2, 0.25) is 0 Å². The molecule has 0 spiro atoms. The molecule has 8 heteroatoms. The summed E-state index contributed by atoms with van der Waals surface area (Å²) in [5.74, 6) is -0.585. The van der Waals surface area contributed by atoms with Gasteiger partial charge in [0.1, 0.15) is 5.82 Å². The molecule has 3 aromatic heterocycles. The fourth-order valence-electron chi connectivity index (χ4n) is 12.6. The molecule has 0 N–H and O–H groups in total. The summed E-state index contributed by atoms with van der Waals surface area (Å²) >= 11 is 0. The maximum atomic E-state index is 10.6. The number of aryl methyl sites for hydroxylation is 3. The number of imidazole rings is 1. The summed E-state index contributed by atoms with van der Waals surface area (Å²) in [5, 5.41) is -8.57. The van der Waals surface area contributed by atoms with E-state index in [-0.39, 0.29) is 66.3 Å². The van der Waals surface area contributed by atoms with E-state index in [1.54, 1.807) is 30.3 Å². The number of ether oxygens (including phenoxy) is 1. The van der Waals surface area contributed by atoms with Gasteiger partial charge in [-0.1, -0.05) is 298 Å². The van der Waals surface area contributed by atoms with Crippen molar-refractivity contribution in [3.63, 3.8) is 0 Å². The summed E-state index contributed by atoms with van der Waals surface area (Å²) in [6.45, 7) is -5.13. The van der Waals surface area contributed by atoms with E-state index in [0.29, 0.717) is 16.3 Å². The first-order valence-electron chi connectivity index (χ1n) is 52.1. The Morgan fingerprint density at radius 2 is 0.960 bits per heavy atom. The normalized spacial score (nSPS) is 18.5. The molecule has 0 fully saturated rings. The van der Waals surface area contributed by atoms with Crippen molar-refractivity contribution in [1.29, 1.82) is 0 Å². The van der Waals surface area contributed by atoms with Crippen molar-refractivity contribution < 1.29 is 90.7 Å². The zero-order valence-electron chi connectivity index (χ0n) is 96.0. The Labute approximate surface area is 658 Å². The Morgan fingerprint density at radius 1 is 0.465 bits per heavy atom. The molecule has 0 aliphatic carbocycles. The third-order valence-electron chi connectivity index (χ3n) is 16.9. The molecule has 0 aliphatic heterocycles. The first kappa shape index (κ1) is 31.4. The smallest absolute Gasteiger partial charge is 0.268 e. The third-order valence-corrected chi connectivity index (χ3v) is 25.3. The molecular weight excluding hydrogens is 1420 g/mol. The number of pyridine rings is 1. The molecule has 0 bridgehead atoms. The van der Waals surface area contributed by atoms with E-state index < -0.39 is 340 Å². The van der Waals surface area contributed by atoms with E-state index in [9.17, 15) is 41.1 Å². The summed E-state index contributed by atoms with van der Waals surface area (Å²) in [7, 11) is -14.2. The van der Waals surface area contributed by atoms with Crippen LogP contribution in [-0.2, 0) is 26.5 Å². The first-order valence-corrected chi connectivity index (χ1v) is 34.1. The molecule has 0 saturated heterocycles. The topological polar surface area (TPSA) is 35.9 Å². The van der Waals surface area contributed by atoms with Crippen LogP contribution in [0.4, 0.5) is 0 Å². The minimum Gasteiger partial charge on any atom is -0.510 e. The van der Waals surface area contributed by atoms with Gasteiger partial charge in [-0.05, 0) is 136 Å². The van der Waals surface area contributed by atoms with Crippen LogP contribution in [0.2, 0.25) is 0 Å². The second-order valence-corrected chi connectivity index (χ2v) is 30.5. The van der Waals surface area contributed by atoms with E-state index in [0.717, 1.165) is 57.8 Å². The second kappa shape index (κ2) is 26.6. The van der Waals surface area contributed by atoms with Gasteiger partial charge in [-0.3, -0.25) is 4.57 Å². The van der Waals surface area contributed by atoms with Crippen molar-refractivity contribution in [2.24, 2.45) is 0 Å². The number of hydrogen-bond acceptors (Lipinski definition) is 2. The Kier molecular flexibility index (Phi) is 8.42. The largest absolute Gasteiger partial charge is 0.510 e. The van der Waals surface area contributed by atoms with Gasteiger partial charge >= 0.3 is 0 Å². The molecular formula is C91H72N4OPtSi2-2. The molecule has 5 nitrogen and oxygen atoms in total. The maximum absolute atomic E-state index is 10.6. The van der Waals surface area contributed by atoms with Gasteiger partial charge < -0.3 is 13.9 Å². The number of nitrogens with zero attached hydrogens (tertiary/aromatic N) is 4. The average molecular weight is 1530 g/mol. The van der Waals surface area contributed by atoms with E-state index in [1.165, 1.54) is 61.7 Å². The molecule has 0 amide bonds. The summed E-state index contributed by atoms with van der Waals surface area (Å²) in [6, 6.07) is -13.6. The molecule has 99 heavy (non-hydrogen) atoms. The predicted molar refractivity (Wildman–Crippen MR) is 411 cm³/mol. The van der Waals surface area contributed by atoms with Gasteiger partial charge in [0, 0.05) is 62.2 Å². The van der Waals surface area contributed by atoms with Crippen LogP contribution in [0.5, 0.6) is 11.5 Å². The van der Waals surface area contributed by atoms with Crippen LogP contribution >= 0.6 is 0 Å². The fourth-order valence-corrected chi connectivity index (χ4v) is 20.8. The van der Waals surface area contributed by atoms with Crippen LogP contribution < -0.4 is 50.8 Å². The number of hydrogen-bond donors (Lipinski definition) is 0. The zero-order valence-corrected chi connectivity index (χ0v) is 56.3. The van der Waals surface area contributed by atoms with Crippen LogP contribution in [0.3, 0.4) is 0 Å². The fraction of sp³-hybridized carbons (Fsp3) is 0.0769. The molecule has 13 aromatic carbocycles. The molecule has 3 heterocycles. The summed E-state index contributed by atoms with van der Waals surface area (Å²) in [5.41, 5.74) is -7.21. The SMILES string of the molecule is [2H]c1c([2H])c([2H])c(-c2cnc(-n3c4[c-]c(Oc5[c-]c(-n6[c-][n+](-c7c([Si](c8c([2H])c([2H])c([2H])c([2H])c8[2H])(c8c([2H])c([2H])c([2H])c([2H])c8[2H])c8c([2H])c([2H])c([2H])c([2H])c8[2H])cc(C(C)(C)C)cc7[Si](c7c([2H])c([2H])c([2H])c([2H])c7[2H])(c7c([2H])c([2H])c([2H])c([2H])c7[2H])c7c([2H])c([2H])c([2H])c([2H])c7[2H])c7ccc(-c8c(C([2H])([2H])[2H])cccc8C([2H])([2H])[2H])cc76)ccc5)ccc4c4ccccc43)cc2C([2H])([2H])[2H])c([2H])c1[2H].[Pt]. The molecule has 482 valence electrons. The van der Waals surface area contributed by atoms with Crippen molar-refractivity contribution in [3.8, 4) is 50.9 Å². The third kappa shape index (κ3) is 11.3. The number of fused-ring (bicyclic) bond motifs is 4. The van der Waals surface area contributed by atoms with Crippen molar-refractivity contribution in [2.45, 2.75) is 46.7 Å². The Hall–Kier alpha value is -10.8. The van der Waals surface area contributed by atoms with Crippen molar-refractivity contribution in [3.05, 3.63) is 368 Å². The Balaban J connectivity index is 0.0000154. The number of rotatable bonds is 15. The van der Waals surface area contributed by atoms with Crippen LogP contribution in [0.15, 0.2) is 327 Å². The van der Waals surface area contributed by atoms with Gasteiger partial charge in [-0.25, -0.2) is 4.98 Å². The Bertz CT molecular complexity index is 7420. The second-order valence-electron chi connectivity index (χ2n) is 23.4. The summed E-state index contributed by atoms with van der Waals surface area (Å²) < 4.78 is 434.